The van der Waals surface area contributed by atoms with Gasteiger partial charge in [-0.1, -0.05) is 30.3 Å². The average Bonchev–Trinajstić information content (AvgIpc) is 2.61. The van der Waals surface area contributed by atoms with Crippen LogP contribution in [0.2, 0.25) is 0 Å². The Morgan fingerprint density at radius 1 is 1.19 bits per heavy atom. The molecule has 1 aliphatic rings. The van der Waals surface area contributed by atoms with Crippen molar-refractivity contribution >= 4 is 11.6 Å². The molecule has 1 fully saturated rings. The van der Waals surface area contributed by atoms with E-state index in [0.29, 0.717) is 31.7 Å². The summed E-state index contributed by atoms with van der Waals surface area (Å²) in [4.78, 5) is 14.2. The van der Waals surface area contributed by atoms with Gasteiger partial charge in [-0.15, -0.1) is 0 Å². The number of hydrogen-bond donors (Lipinski definition) is 1. The molecule has 2 aromatic rings. The van der Waals surface area contributed by atoms with E-state index in [0.717, 1.165) is 16.7 Å². The summed E-state index contributed by atoms with van der Waals surface area (Å²) in [5.74, 6) is -0.327. The summed E-state index contributed by atoms with van der Waals surface area (Å²) >= 11 is 0. The predicted octanol–water partition coefficient (Wildman–Crippen LogP) is 3.61. The molecule has 1 heterocycles. The van der Waals surface area contributed by atoms with E-state index in [2.05, 4.69) is 5.32 Å². The van der Waals surface area contributed by atoms with Crippen molar-refractivity contribution in [3.05, 3.63) is 65.0 Å². The molecule has 0 aliphatic carbocycles. The molecular weight excluding hydrogens is 343 g/mol. The summed E-state index contributed by atoms with van der Waals surface area (Å²) in [6, 6.07) is 13.0. The molecule has 144 valence electrons. The van der Waals surface area contributed by atoms with Crippen LogP contribution < -0.4 is 10.2 Å². The Balaban J connectivity index is 1.59. The smallest absolute Gasteiger partial charge is 0.224 e. The largest absolute Gasteiger partial charge is 0.372 e. The predicted molar refractivity (Wildman–Crippen MR) is 105 cm³/mol. The van der Waals surface area contributed by atoms with E-state index in [1.807, 2.05) is 56.0 Å². The number of hydrogen-bond acceptors (Lipinski definition) is 3. The van der Waals surface area contributed by atoms with Gasteiger partial charge in [0.15, 0.2) is 0 Å². The highest BCUT2D eigenvalue weighted by Crippen LogP contribution is 2.24. The lowest BCUT2D eigenvalue weighted by molar-refractivity contribution is -0.120. The van der Waals surface area contributed by atoms with Crippen LogP contribution in [0.1, 0.15) is 30.5 Å². The second-order valence-corrected chi connectivity index (χ2v) is 7.33. The number of amides is 1. The number of morpholine rings is 1. The molecule has 1 aliphatic heterocycles. The van der Waals surface area contributed by atoms with E-state index in [9.17, 15) is 9.18 Å². The van der Waals surface area contributed by atoms with Crippen LogP contribution in [-0.4, -0.2) is 31.2 Å². The van der Waals surface area contributed by atoms with Gasteiger partial charge in [0.2, 0.25) is 5.91 Å². The molecule has 4 nitrogen and oxygen atoms in total. The number of benzene rings is 2. The van der Waals surface area contributed by atoms with Gasteiger partial charge in [-0.05, 0) is 49.6 Å². The van der Waals surface area contributed by atoms with E-state index in [-0.39, 0.29) is 23.9 Å². The van der Waals surface area contributed by atoms with Crippen LogP contribution in [0.25, 0.3) is 0 Å². The van der Waals surface area contributed by atoms with Crippen LogP contribution in [0.15, 0.2) is 42.5 Å². The summed E-state index contributed by atoms with van der Waals surface area (Å²) in [6.07, 6.45) is 0.485. The van der Waals surface area contributed by atoms with E-state index in [1.54, 1.807) is 6.07 Å². The first-order chi connectivity index (χ1) is 12.9. The maximum Gasteiger partial charge on any atom is 0.224 e. The molecule has 0 aromatic heterocycles. The molecule has 2 atom stereocenters. The molecule has 3 rings (SSSR count). The summed E-state index contributed by atoms with van der Waals surface area (Å²) < 4.78 is 20.3. The van der Waals surface area contributed by atoms with Gasteiger partial charge in [-0.3, -0.25) is 4.79 Å². The number of carbonyl (C=O) groups excluding carboxylic acids is 1. The summed E-state index contributed by atoms with van der Waals surface area (Å²) in [5, 5.41) is 2.88. The Kier molecular flexibility index (Phi) is 6.11. The highest BCUT2D eigenvalue weighted by atomic mass is 19.1. The Morgan fingerprint density at radius 3 is 2.56 bits per heavy atom. The monoisotopic (exact) mass is 370 g/mol. The minimum absolute atomic E-state index is 0.0652. The SMILES string of the molecule is Cc1ccccc1CC(=O)NCc1ccc(N2C[C@@H](C)O[C@H](C)C2)c(F)c1. The van der Waals surface area contributed by atoms with Gasteiger partial charge in [-0.25, -0.2) is 4.39 Å². The average molecular weight is 370 g/mol. The Hall–Kier alpha value is -2.40. The molecule has 0 spiro atoms. The van der Waals surface area contributed by atoms with E-state index in [1.165, 1.54) is 6.07 Å². The lowest BCUT2D eigenvalue weighted by atomic mass is 10.1. The Morgan fingerprint density at radius 2 is 1.89 bits per heavy atom. The summed E-state index contributed by atoms with van der Waals surface area (Å²) in [7, 11) is 0. The Labute approximate surface area is 160 Å². The zero-order valence-electron chi connectivity index (χ0n) is 16.2. The standard InChI is InChI=1S/C22H27FN2O2/c1-15-6-4-5-7-19(15)11-22(26)24-12-18-8-9-21(20(23)10-18)25-13-16(2)27-17(3)14-25/h4-10,16-17H,11-14H2,1-3H3,(H,24,26)/t16-,17-/m1/s1. The number of carbonyl (C=O) groups is 1. The van der Waals surface area contributed by atoms with Gasteiger partial charge >= 0.3 is 0 Å². The van der Waals surface area contributed by atoms with Gasteiger partial charge in [0, 0.05) is 19.6 Å². The minimum atomic E-state index is -0.262. The molecule has 1 saturated heterocycles. The van der Waals surface area contributed by atoms with Crippen LogP contribution in [0, 0.1) is 12.7 Å². The van der Waals surface area contributed by atoms with Crippen molar-refractivity contribution in [3.63, 3.8) is 0 Å². The van der Waals surface area contributed by atoms with Crippen molar-refractivity contribution in [1.82, 2.24) is 5.32 Å². The number of anilines is 1. The normalized spacial score (nSPS) is 19.8. The first-order valence-corrected chi connectivity index (χ1v) is 9.42. The number of halogens is 1. The number of ether oxygens (including phenoxy) is 1. The second kappa shape index (κ2) is 8.53. The topological polar surface area (TPSA) is 41.6 Å². The third-order valence-corrected chi connectivity index (χ3v) is 4.87. The molecule has 0 unspecified atom stereocenters. The zero-order chi connectivity index (χ0) is 19.4. The van der Waals surface area contributed by atoms with Crippen molar-refractivity contribution in [2.75, 3.05) is 18.0 Å². The van der Waals surface area contributed by atoms with Crippen LogP contribution in [0.5, 0.6) is 0 Å². The van der Waals surface area contributed by atoms with Crippen LogP contribution in [0.3, 0.4) is 0 Å². The first-order valence-electron chi connectivity index (χ1n) is 9.42. The van der Waals surface area contributed by atoms with Crippen molar-refractivity contribution in [3.8, 4) is 0 Å². The minimum Gasteiger partial charge on any atom is -0.372 e. The van der Waals surface area contributed by atoms with Crippen molar-refractivity contribution < 1.29 is 13.9 Å². The van der Waals surface area contributed by atoms with Crippen molar-refractivity contribution in [2.24, 2.45) is 0 Å². The fraction of sp³-hybridized carbons (Fsp3) is 0.409. The lowest BCUT2D eigenvalue weighted by Gasteiger charge is -2.37. The number of nitrogens with one attached hydrogen (secondary N) is 1. The van der Waals surface area contributed by atoms with Crippen molar-refractivity contribution in [1.29, 1.82) is 0 Å². The number of rotatable bonds is 5. The third-order valence-electron chi connectivity index (χ3n) is 4.87. The molecule has 0 bridgehead atoms. The molecule has 0 saturated carbocycles. The maximum atomic E-state index is 14.6. The fourth-order valence-electron chi connectivity index (χ4n) is 3.54. The van der Waals surface area contributed by atoms with Crippen LogP contribution in [0.4, 0.5) is 10.1 Å². The molecule has 1 N–H and O–H groups in total. The fourth-order valence-corrected chi connectivity index (χ4v) is 3.54. The molecule has 0 radical (unpaired) electrons. The van der Waals surface area contributed by atoms with E-state index in [4.69, 9.17) is 4.74 Å². The summed E-state index contributed by atoms with van der Waals surface area (Å²) in [6.45, 7) is 7.65. The number of aryl methyl sites for hydroxylation is 1. The van der Waals surface area contributed by atoms with Gasteiger partial charge in [-0.2, -0.15) is 0 Å². The van der Waals surface area contributed by atoms with Gasteiger partial charge < -0.3 is 15.0 Å². The summed E-state index contributed by atoms with van der Waals surface area (Å²) in [5.41, 5.74) is 3.44. The maximum absolute atomic E-state index is 14.6. The van der Waals surface area contributed by atoms with E-state index >= 15 is 0 Å². The second-order valence-electron chi connectivity index (χ2n) is 7.33. The van der Waals surface area contributed by atoms with Crippen molar-refractivity contribution in [2.45, 2.75) is 45.9 Å². The van der Waals surface area contributed by atoms with E-state index < -0.39 is 0 Å². The highest BCUT2D eigenvalue weighted by Gasteiger charge is 2.24. The van der Waals surface area contributed by atoms with Crippen LogP contribution >= 0.6 is 0 Å². The van der Waals surface area contributed by atoms with Gasteiger partial charge in [0.25, 0.3) is 0 Å². The third kappa shape index (κ3) is 5.07. The quantitative estimate of drug-likeness (QED) is 0.874. The zero-order valence-corrected chi connectivity index (χ0v) is 16.2. The lowest BCUT2D eigenvalue weighted by Crippen LogP contribution is -2.45. The molecule has 5 heteroatoms. The molecule has 2 aromatic carbocycles. The molecule has 27 heavy (non-hydrogen) atoms. The molecule has 1 amide bonds. The van der Waals surface area contributed by atoms with Crippen LogP contribution in [-0.2, 0) is 22.5 Å². The van der Waals surface area contributed by atoms with Gasteiger partial charge in [0.1, 0.15) is 5.82 Å². The van der Waals surface area contributed by atoms with Gasteiger partial charge in [0.05, 0.1) is 24.3 Å². The number of nitrogens with zero attached hydrogens (tertiary/aromatic N) is 1. The first kappa shape index (κ1) is 19.4. The highest BCUT2D eigenvalue weighted by molar-refractivity contribution is 5.78. The Bertz CT molecular complexity index is 799. The molecular formula is C22H27FN2O2.